The van der Waals surface area contributed by atoms with Gasteiger partial charge >= 0.3 is 0 Å². The van der Waals surface area contributed by atoms with Gasteiger partial charge in [-0.2, -0.15) is 0 Å². The van der Waals surface area contributed by atoms with Gasteiger partial charge in [0.05, 0.1) is 12.1 Å². The molecule has 0 radical (unpaired) electrons. The first kappa shape index (κ1) is 14.8. The summed E-state index contributed by atoms with van der Waals surface area (Å²) >= 11 is 11.7. The quantitative estimate of drug-likeness (QED) is 0.773. The lowest BCUT2D eigenvalue weighted by Gasteiger charge is -2.08. The summed E-state index contributed by atoms with van der Waals surface area (Å²) in [4.78, 5) is 12.2. The van der Waals surface area contributed by atoms with Gasteiger partial charge in [-0.25, -0.2) is 4.39 Å². The number of carbonyl (C=O) groups is 1. The fraction of sp³-hybridized carbons (Fsp3) is 0.133. The molecule has 0 atom stereocenters. The van der Waals surface area contributed by atoms with Crippen molar-refractivity contribution in [2.75, 3.05) is 7.11 Å². The molecule has 0 aliphatic rings. The molecule has 0 spiro atoms. The van der Waals surface area contributed by atoms with Crippen LogP contribution in [0.15, 0.2) is 36.4 Å². The lowest BCUT2D eigenvalue weighted by Crippen LogP contribution is -2.06. The topological polar surface area (TPSA) is 26.3 Å². The Balaban J connectivity index is 2.28. The standard InChI is InChI=1S/C15H11Cl2FO2/c1-20-14-4-2-3-9(15(14)18)7-13(19)11-6-5-10(16)8-12(11)17/h2-6,8H,7H2,1H3. The van der Waals surface area contributed by atoms with Crippen LogP contribution in [0.25, 0.3) is 0 Å². The van der Waals surface area contributed by atoms with Crippen molar-refractivity contribution in [3.63, 3.8) is 0 Å². The Morgan fingerprint density at radius 3 is 2.65 bits per heavy atom. The van der Waals surface area contributed by atoms with Crippen LogP contribution in [0.5, 0.6) is 5.75 Å². The van der Waals surface area contributed by atoms with Crippen LogP contribution in [-0.2, 0) is 6.42 Å². The number of halogens is 3. The van der Waals surface area contributed by atoms with Crippen molar-refractivity contribution in [1.29, 1.82) is 0 Å². The summed E-state index contributed by atoms with van der Waals surface area (Å²) in [5.74, 6) is -0.704. The predicted octanol–water partition coefficient (Wildman–Crippen LogP) is 4.57. The maximum Gasteiger partial charge on any atom is 0.168 e. The molecule has 0 saturated carbocycles. The van der Waals surface area contributed by atoms with Crippen LogP contribution in [0.3, 0.4) is 0 Å². The maximum absolute atomic E-state index is 14.0. The molecule has 0 aliphatic carbocycles. The highest BCUT2D eigenvalue weighted by molar-refractivity contribution is 6.36. The molecule has 2 aromatic rings. The van der Waals surface area contributed by atoms with E-state index in [-0.39, 0.29) is 28.5 Å². The van der Waals surface area contributed by atoms with Crippen LogP contribution >= 0.6 is 23.2 Å². The second-order valence-corrected chi connectivity index (χ2v) is 5.00. The smallest absolute Gasteiger partial charge is 0.168 e. The lowest BCUT2D eigenvalue weighted by molar-refractivity contribution is 0.0992. The Morgan fingerprint density at radius 2 is 2.00 bits per heavy atom. The Morgan fingerprint density at radius 1 is 1.25 bits per heavy atom. The number of benzene rings is 2. The summed E-state index contributed by atoms with van der Waals surface area (Å²) in [6.45, 7) is 0. The highest BCUT2D eigenvalue weighted by Crippen LogP contribution is 2.25. The third-order valence-corrected chi connectivity index (χ3v) is 3.39. The maximum atomic E-state index is 14.0. The number of ether oxygens (including phenoxy) is 1. The average Bonchev–Trinajstić information content (AvgIpc) is 2.41. The Hall–Kier alpha value is -1.58. The van der Waals surface area contributed by atoms with E-state index in [1.54, 1.807) is 18.2 Å². The lowest BCUT2D eigenvalue weighted by atomic mass is 10.0. The van der Waals surface area contributed by atoms with E-state index in [1.807, 2.05) is 0 Å². The number of methoxy groups -OCH3 is 1. The van der Waals surface area contributed by atoms with Crippen LogP contribution in [0.2, 0.25) is 10.0 Å². The summed E-state index contributed by atoms with van der Waals surface area (Å²) in [5.41, 5.74) is 0.582. The number of ketones is 1. The summed E-state index contributed by atoms with van der Waals surface area (Å²) < 4.78 is 18.9. The third kappa shape index (κ3) is 3.11. The van der Waals surface area contributed by atoms with Crippen molar-refractivity contribution in [2.24, 2.45) is 0 Å². The van der Waals surface area contributed by atoms with Gasteiger partial charge in [0.25, 0.3) is 0 Å². The van der Waals surface area contributed by atoms with Crippen molar-refractivity contribution in [2.45, 2.75) is 6.42 Å². The average molecular weight is 313 g/mol. The van der Waals surface area contributed by atoms with Crippen molar-refractivity contribution >= 4 is 29.0 Å². The van der Waals surface area contributed by atoms with Crippen molar-refractivity contribution < 1.29 is 13.9 Å². The van der Waals surface area contributed by atoms with E-state index in [0.29, 0.717) is 10.6 Å². The van der Waals surface area contributed by atoms with E-state index in [9.17, 15) is 9.18 Å². The number of Topliss-reactive ketones (excluding diaryl/α,β-unsaturated/α-hetero) is 1. The van der Waals surface area contributed by atoms with Crippen LogP contribution in [0, 0.1) is 5.82 Å². The second kappa shape index (κ2) is 6.25. The van der Waals surface area contributed by atoms with Crippen molar-refractivity contribution in [3.8, 4) is 5.75 Å². The molecule has 0 amide bonds. The number of carbonyl (C=O) groups excluding carboxylic acids is 1. The molecular weight excluding hydrogens is 302 g/mol. The Bertz CT molecular complexity index is 656. The van der Waals surface area contributed by atoms with E-state index in [4.69, 9.17) is 27.9 Å². The SMILES string of the molecule is COc1cccc(CC(=O)c2ccc(Cl)cc2Cl)c1F. The molecule has 0 aliphatic heterocycles. The summed E-state index contributed by atoms with van der Waals surface area (Å²) in [6.07, 6.45) is -0.0929. The van der Waals surface area contributed by atoms with Crippen LogP contribution in [0.1, 0.15) is 15.9 Å². The molecule has 0 N–H and O–H groups in total. The van der Waals surface area contributed by atoms with Crippen molar-refractivity contribution in [3.05, 3.63) is 63.4 Å². The molecule has 2 nitrogen and oxygen atoms in total. The molecule has 0 aromatic heterocycles. The van der Waals surface area contributed by atoms with Gasteiger partial charge in [-0.05, 0) is 29.8 Å². The number of hydrogen-bond donors (Lipinski definition) is 0. The Kier molecular flexibility index (Phi) is 4.63. The summed E-state index contributed by atoms with van der Waals surface area (Å²) in [7, 11) is 1.38. The summed E-state index contributed by atoms with van der Waals surface area (Å²) in [5, 5.41) is 0.699. The minimum Gasteiger partial charge on any atom is -0.494 e. The minimum absolute atomic E-state index is 0.0929. The zero-order chi connectivity index (χ0) is 14.7. The van der Waals surface area contributed by atoms with Crippen LogP contribution < -0.4 is 4.74 Å². The first-order valence-corrected chi connectivity index (χ1v) is 6.58. The molecule has 2 aromatic carbocycles. The van der Waals surface area contributed by atoms with Gasteiger partial charge in [0.2, 0.25) is 0 Å². The monoisotopic (exact) mass is 312 g/mol. The molecular formula is C15H11Cl2FO2. The van der Waals surface area contributed by atoms with E-state index in [1.165, 1.54) is 25.3 Å². The van der Waals surface area contributed by atoms with Gasteiger partial charge < -0.3 is 4.74 Å². The number of hydrogen-bond acceptors (Lipinski definition) is 2. The highest BCUT2D eigenvalue weighted by Gasteiger charge is 2.15. The minimum atomic E-state index is -0.534. The Labute approximate surface area is 126 Å². The molecule has 104 valence electrons. The fourth-order valence-corrected chi connectivity index (χ4v) is 2.35. The predicted molar refractivity (Wildman–Crippen MR) is 77.4 cm³/mol. The van der Waals surface area contributed by atoms with Gasteiger partial charge in [-0.1, -0.05) is 35.3 Å². The van der Waals surface area contributed by atoms with E-state index in [0.717, 1.165) is 0 Å². The van der Waals surface area contributed by atoms with E-state index < -0.39 is 5.82 Å². The highest BCUT2D eigenvalue weighted by atomic mass is 35.5. The van der Waals surface area contributed by atoms with Crippen LogP contribution in [0.4, 0.5) is 4.39 Å². The van der Waals surface area contributed by atoms with E-state index >= 15 is 0 Å². The molecule has 5 heteroatoms. The van der Waals surface area contributed by atoms with E-state index in [2.05, 4.69) is 0 Å². The van der Waals surface area contributed by atoms with Gasteiger partial charge in [0, 0.05) is 17.0 Å². The molecule has 0 saturated heterocycles. The van der Waals surface area contributed by atoms with Gasteiger partial charge in [-0.15, -0.1) is 0 Å². The first-order chi connectivity index (χ1) is 9.52. The van der Waals surface area contributed by atoms with Gasteiger partial charge in [0.15, 0.2) is 17.3 Å². The third-order valence-electron chi connectivity index (χ3n) is 2.85. The normalized spacial score (nSPS) is 10.4. The number of rotatable bonds is 4. The van der Waals surface area contributed by atoms with Gasteiger partial charge in [-0.3, -0.25) is 4.79 Å². The first-order valence-electron chi connectivity index (χ1n) is 5.82. The largest absolute Gasteiger partial charge is 0.494 e. The van der Waals surface area contributed by atoms with Gasteiger partial charge in [0.1, 0.15) is 0 Å². The molecule has 0 heterocycles. The molecule has 0 fully saturated rings. The fourth-order valence-electron chi connectivity index (χ4n) is 1.83. The molecule has 2 rings (SSSR count). The van der Waals surface area contributed by atoms with Crippen LogP contribution in [-0.4, -0.2) is 12.9 Å². The zero-order valence-corrected chi connectivity index (χ0v) is 12.1. The molecule has 20 heavy (non-hydrogen) atoms. The zero-order valence-electron chi connectivity index (χ0n) is 10.6. The van der Waals surface area contributed by atoms with Crippen molar-refractivity contribution in [1.82, 2.24) is 0 Å². The molecule has 0 bridgehead atoms. The summed E-state index contributed by atoms with van der Waals surface area (Å²) in [6, 6.07) is 9.26. The molecule has 0 unspecified atom stereocenters. The second-order valence-electron chi connectivity index (χ2n) is 4.16.